The highest BCUT2D eigenvalue weighted by atomic mass is 32.2. The van der Waals surface area contributed by atoms with Crippen LogP contribution in [0.3, 0.4) is 0 Å². The molecule has 6 aromatic rings. The van der Waals surface area contributed by atoms with Crippen LogP contribution in [0.5, 0.6) is 0 Å². The Bertz CT molecular complexity index is 2430. The van der Waals surface area contributed by atoms with Crippen LogP contribution in [-0.4, -0.2) is 32.0 Å². The van der Waals surface area contributed by atoms with Gasteiger partial charge < -0.3 is 11.5 Å². The van der Waals surface area contributed by atoms with Gasteiger partial charge >= 0.3 is 0 Å². The lowest BCUT2D eigenvalue weighted by atomic mass is 10.00. The maximum absolute atomic E-state index is 14.0. The van der Waals surface area contributed by atoms with E-state index < -0.39 is 33.5 Å². The molecule has 248 valence electrons. The van der Waals surface area contributed by atoms with Crippen LogP contribution in [-0.2, 0) is 9.84 Å². The third-order valence-corrected chi connectivity index (χ3v) is 10.8. The third-order valence-electron chi connectivity index (χ3n) is 9.03. The zero-order valence-corrected chi connectivity index (χ0v) is 27.4. The number of hydrogen-bond donors (Lipinski definition) is 2. The van der Waals surface area contributed by atoms with Crippen LogP contribution in [0.15, 0.2) is 143 Å². The molecule has 8 rings (SSSR count). The van der Waals surface area contributed by atoms with Gasteiger partial charge in [0.15, 0.2) is 0 Å². The lowest BCUT2D eigenvalue weighted by Crippen LogP contribution is -2.29. The van der Waals surface area contributed by atoms with E-state index in [1.165, 1.54) is 48.5 Å². The largest absolute Gasteiger partial charge is 0.399 e. The van der Waals surface area contributed by atoms with Crippen molar-refractivity contribution >= 4 is 56.2 Å². The Morgan fingerprint density at radius 2 is 0.745 bits per heavy atom. The van der Waals surface area contributed by atoms with Crippen molar-refractivity contribution in [3.8, 4) is 22.3 Å². The Morgan fingerprint density at radius 3 is 1.14 bits per heavy atom. The molecule has 0 saturated heterocycles. The molecule has 0 fully saturated rings. The zero-order valence-electron chi connectivity index (χ0n) is 26.6. The fourth-order valence-electron chi connectivity index (χ4n) is 6.38. The number of nitrogens with zero attached hydrogens (tertiary/aromatic N) is 2. The summed E-state index contributed by atoms with van der Waals surface area (Å²) >= 11 is 0. The summed E-state index contributed by atoms with van der Waals surface area (Å²) in [4.78, 5) is 55.6. The van der Waals surface area contributed by atoms with Crippen molar-refractivity contribution in [3.63, 3.8) is 0 Å². The SMILES string of the molecule is Nc1ccc(-c2ccc3c(c2)C(=O)N(c2cccc(S(=O)(=O)c4cccc(N5C(=O)c6ccc(-c7ccc(N)cc7)cc6C5=O)c4)c2)C3=O)cc1. The number of imide groups is 2. The molecule has 6 aromatic carbocycles. The minimum Gasteiger partial charge on any atom is -0.399 e. The number of nitrogen functional groups attached to an aromatic ring is 2. The van der Waals surface area contributed by atoms with Crippen molar-refractivity contribution < 1.29 is 27.6 Å². The van der Waals surface area contributed by atoms with Gasteiger partial charge in [-0.2, -0.15) is 0 Å². The number of anilines is 4. The van der Waals surface area contributed by atoms with E-state index in [2.05, 4.69) is 0 Å². The highest BCUT2D eigenvalue weighted by Gasteiger charge is 2.39. The predicted octanol–water partition coefficient (Wildman–Crippen LogP) is 6.62. The number of carbonyl (C=O) groups is 4. The van der Waals surface area contributed by atoms with E-state index in [1.54, 1.807) is 60.7 Å². The molecule has 51 heavy (non-hydrogen) atoms. The van der Waals surface area contributed by atoms with Crippen LogP contribution in [0, 0.1) is 0 Å². The van der Waals surface area contributed by atoms with E-state index in [0.29, 0.717) is 22.5 Å². The molecule has 4 N–H and O–H groups in total. The average molecular weight is 691 g/mol. The molecule has 0 saturated carbocycles. The highest BCUT2D eigenvalue weighted by Crippen LogP contribution is 2.36. The Morgan fingerprint density at radius 1 is 0.392 bits per heavy atom. The van der Waals surface area contributed by atoms with Crippen LogP contribution >= 0.6 is 0 Å². The summed E-state index contributed by atoms with van der Waals surface area (Å²) in [5.74, 6) is -2.34. The van der Waals surface area contributed by atoms with Crippen molar-refractivity contribution in [1.29, 1.82) is 0 Å². The summed E-state index contributed by atoms with van der Waals surface area (Å²) < 4.78 is 28.0. The van der Waals surface area contributed by atoms with Crippen LogP contribution in [0.2, 0.25) is 0 Å². The summed E-state index contributed by atoms with van der Waals surface area (Å²) in [7, 11) is -4.26. The lowest BCUT2D eigenvalue weighted by molar-refractivity contribution is 0.0910. The molecular formula is C40H26N4O6S. The van der Waals surface area contributed by atoms with Crippen molar-refractivity contribution in [1.82, 2.24) is 0 Å². The first kappa shape index (κ1) is 31.4. The normalized spacial score (nSPS) is 13.9. The zero-order chi connectivity index (χ0) is 35.6. The molecule has 2 aliphatic heterocycles. The molecule has 2 heterocycles. The second kappa shape index (κ2) is 11.6. The van der Waals surface area contributed by atoms with Gasteiger partial charge in [-0.3, -0.25) is 19.2 Å². The van der Waals surface area contributed by atoms with Crippen LogP contribution < -0.4 is 21.3 Å². The van der Waals surface area contributed by atoms with Crippen LogP contribution in [0.4, 0.5) is 22.7 Å². The number of sulfone groups is 1. The van der Waals surface area contributed by atoms with E-state index in [1.807, 2.05) is 24.3 Å². The van der Waals surface area contributed by atoms with Gasteiger partial charge in [-0.05, 0) is 107 Å². The van der Waals surface area contributed by atoms with E-state index in [9.17, 15) is 27.6 Å². The minimum absolute atomic E-state index is 0.0738. The summed E-state index contributed by atoms with van der Waals surface area (Å²) in [5.41, 5.74) is 16.8. The molecule has 0 spiro atoms. The fraction of sp³-hybridized carbons (Fsp3) is 0. The molecule has 4 amide bonds. The van der Waals surface area contributed by atoms with Gasteiger partial charge in [0.2, 0.25) is 9.84 Å². The summed E-state index contributed by atoms with van der Waals surface area (Å²) in [5, 5.41) is 0. The number of fused-ring (bicyclic) bond motifs is 2. The standard InChI is InChI=1S/C40H26N4O6S/c41-27-13-7-23(8-14-27)25-11-17-33-35(19-25)39(47)43(37(33)45)29-3-1-5-31(21-29)51(49,50)32-6-2-4-30(22-32)44-38(46)34-18-12-26(20-36(34)40(44)48)24-9-15-28(42)16-10-24/h1-22H,41-42H2. The first-order valence-electron chi connectivity index (χ1n) is 15.7. The molecule has 2 aliphatic rings. The van der Waals surface area contributed by atoms with Gasteiger partial charge in [-0.15, -0.1) is 0 Å². The molecule has 0 radical (unpaired) electrons. The highest BCUT2D eigenvalue weighted by molar-refractivity contribution is 7.91. The first-order valence-corrected chi connectivity index (χ1v) is 17.2. The first-order chi connectivity index (χ1) is 24.5. The molecule has 0 aliphatic carbocycles. The molecule has 11 heteroatoms. The summed E-state index contributed by atoms with van der Waals surface area (Å²) in [6.45, 7) is 0. The molecule has 0 aromatic heterocycles. The van der Waals surface area contributed by atoms with Crippen LogP contribution in [0.1, 0.15) is 41.4 Å². The smallest absolute Gasteiger partial charge is 0.266 e. The van der Waals surface area contributed by atoms with Gasteiger partial charge in [0.25, 0.3) is 23.6 Å². The maximum Gasteiger partial charge on any atom is 0.266 e. The average Bonchev–Trinajstić information content (AvgIpc) is 3.55. The van der Waals surface area contributed by atoms with Gasteiger partial charge in [0.1, 0.15) is 0 Å². The van der Waals surface area contributed by atoms with Gasteiger partial charge in [-0.1, -0.05) is 48.5 Å². The minimum atomic E-state index is -4.26. The lowest BCUT2D eigenvalue weighted by Gasteiger charge is -2.17. The summed E-state index contributed by atoms with van der Waals surface area (Å²) in [6.07, 6.45) is 0. The number of amides is 4. The molecule has 0 atom stereocenters. The molecule has 10 nitrogen and oxygen atoms in total. The van der Waals surface area contributed by atoms with Crippen molar-refractivity contribution in [2.24, 2.45) is 0 Å². The Labute approximate surface area is 292 Å². The Hall–Kier alpha value is -6.85. The van der Waals surface area contributed by atoms with Gasteiger partial charge in [0.05, 0.1) is 43.4 Å². The van der Waals surface area contributed by atoms with Crippen molar-refractivity contribution in [2.45, 2.75) is 9.79 Å². The number of benzene rings is 6. The second-order valence-corrected chi connectivity index (χ2v) is 14.1. The molecular weight excluding hydrogens is 665 g/mol. The Kier molecular flexibility index (Phi) is 7.17. The number of rotatable bonds is 6. The van der Waals surface area contributed by atoms with Crippen molar-refractivity contribution in [2.75, 3.05) is 21.3 Å². The number of nitrogens with two attached hydrogens (primary N) is 2. The Balaban J connectivity index is 1.08. The summed E-state index contributed by atoms with van der Waals surface area (Å²) in [6, 6.07) is 35.1. The van der Waals surface area contributed by atoms with E-state index in [-0.39, 0.29) is 43.4 Å². The van der Waals surface area contributed by atoms with E-state index in [0.717, 1.165) is 20.9 Å². The van der Waals surface area contributed by atoms with Crippen molar-refractivity contribution in [3.05, 3.63) is 156 Å². The molecule has 0 bridgehead atoms. The third kappa shape index (κ3) is 5.15. The predicted molar refractivity (Wildman–Crippen MR) is 193 cm³/mol. The monoisotopic (exact) mass is 690 g/mol. The van der Waals surface area contributed by atoms with E-state index in [4.69, 9.17) is 11.5 Å². The van der Waals surface area contributed by atoms with E-state index >= 15 is 0 Å². The maximum atomic E-state index is 14.0. The topological polar surface area (TPSA) is 161 Å². The van der Waals surface area contributed by atoms with Gasteiger partial charge in [0, 0.05) is 11.4 Å². The fourth-order valence-corrected chi connectivity index (χ4v) is 7.72. The van der Waals surface area contributed by atoms with Crippen LogP contribution in [0.25, 0.3) is 22.3 Å². The second-order valence-electron chi connectivity index (χ2n) is 12.2. The van der Waals surface area contributed by atoms with Gasteiger partial charge in [-0.25, -0.2) is 18.2 Å². The quantitative estimate of drug-likeness (QED) is 0.146. The molecule has 0 unspecified atom stereocenters. The number of carbonyl (C=O) groups excluding carboxylic acids is 4. The number of hydrogen-bond acceptors (Lipinski definition) is 8.